The first-order chi connectivity index (χ1) is 34.0. The van der Waals surface area contributed by atoms with Crippen LogP contribution in [-0.4, -0.2) is 137 Å². The number of benzene rings is 6. The molecule has 29 nitrogen and oxygen atoms in total. The van der Waals surface area contributed by atoms with Crippen LogP contribution in [0.2, 0.25) is 0 Å². The molecule has 0 bridgehead atoms. The van der Waals surface area contributed by atoms with E-state index in [1.807, 2.05) is 11.9 Å². The summed E-state index contributed by atoms with van der Waals surface area (Å²) in [5.41, 5.74) is 6.70. The van der Waals surface area contributed by atoms with Crippen molar-refractivity contribution in [2.24, 2.45) is 20.5 Å². The first-order valence-electron chi connectivity index (χ1n) is 19.7. The van der Waals surface area contributed by atoms with E-state index >= 15 is 0 Å². The minimum atomic E-state index is -5.54. The number of phenolic OH excluding ortho intramolecular Hbond substituents is 2. The first-order valence-corrected chi connectivity index (χ1v) is 28.2. The molecule has 6 rings (SSSR count). The molecule has 0 atom stereocenters. The van der Waals surface area contributed by atoms with Gasteiger partial charge in [0.15, 0.2) is 11.5 Å². The Morgan fingerprint density at radius 1 is 0.513 bits per heavy atom. The molecule has 0 amide bonds. The maximum absolute atomic E-state index is 12.5. The number of hydrogen-bond donors (Lipinski definition) is 10. The van der Waals surface area contributed by atoms with Crippen LogP contribution in [0.1, 0.15) is 11.1 Å². The van der Waals surface area contributed by atoms with Crippen molar-refractivity contribution in [1.82, 2.24) is 4.90 Å². The van der Waals surface area contributed by atoms with Gasteiger partial charge in [-0.1, -0.05) is 24.3 Å². The van der Waals surface area contributed by atoms with Crippen molar-refractivity contribution in [3.8, 4) is 11.5 Å². The second-order valence-corrected chi connectivity index (χ2v) is 23.4. The normalized spacial score (nSPS) is 12.8. The summed E-state index contributed by atoms with van der Waals surface area (Å²) in [6.07, 6.45) is 1.82. The number of aromatic hydroxyl groups is 2. The van der Waals surface area contributed by atoms with Crippen LogP contribution in [0.15, 0.2) is 123 Å². The average molecular weight is 1180 g/mol. The first kappa shape index (κ1) is 65.2. The van der Waals surface area contributed by atoms with E-state index in [9.17, 15) is 88.0 Å². The zero-order chi connectivity index (χ0) is 55.7. The van der Waals surface area contributed by atoms with Gasteiger partial charge in [-0.2, -0.15) is 43.9 Å². The Kier molecular flexibility index (Phi) is 21.2. The summed E-state index contributed by atoms with van der Waals surface area (Å²) in [6, 6.07) is 9.14. The number of nitrogens with two attached hydrogens (primary N) is 2. The van der Waals surface area contributed by atoms with Gasteiger partial charge >= 0.3 is 48.4 Å². The van der Waals surface area contributed by atoms with Gasteiger partial charge in [-0.05, 0) is 89.6 Å². The fraction of sp³-hybridized carbons (Fsp3) is 0.128. The van der Waals surface area contributed by atoms with Crippen molar-refractivity contribution in [3.63, 3.8) is 0 Å². The maximum atomic E-state index is 12.5. The molecule has 0 saturated carbocycles. The minimum absolute atomic E-state index is 0. The Hall–Kier alpha value is -5.08. The summed E-state index contributed by atoms with van der Waals surface area (Å²) >= 11 is 0. The molecule has 0 heterocycles. The predicted octanol–water partition coefficient (Wildman–Crippen LogP) is -2.72. The van der Waals surface area contributed by atoms with Crippen LogP contribution in [0.25, 0.3) is 33.7 Å². The third-order valence-corrected chi connectivity index (χ3v) is 15.1. The number of aliphatic hydroxyl groups excluding tert-OH is 2. The number of rotatable bonds is 16. The van der Waals surface area contributed by atoms with Crippen LogP contribution < -0.4 is 59.9 Å². The number of azo groups is 2. The van der Waals surface area contributed by atoms with Crippen molar-refractivity contribution in [3.05, 3.63) is 83.9 Å². The van der Waals surface area contributed by atoms with Crippen LogP contribution in [0.4, 0.5) is 34.1 Å². The topological polar surface area (TPSA) is 518 Å². The van der Waals surface area contributed by atoms with Gasteiger partial charge in [0, 0.05) is 35.2 Å². The molecule has 398 valence electrons. The van der Waals surface area contributed by atoms with Gasteiger partial charge < -0.3 is 45.9 Å². The summed E-state index contributed by atoms with van der Waals surface area (Å²) in [5.74, 6) is -2.23. The number of fused-ring (bicyclic) bond motifs is 2. The van der Waals surface area contributed by atoms with Crippen molar-refractivity contribution in [2.75, 3.05) is 44.8 Å². The summed E-state index contributed by atoms with van der Waals surface area (Å²) in [5, 5.41) is 51.1. The smallest absolute Gasteiger partial charge is 0.744 e. The third kappa shape index (κ3) is 15.8. The molecular formula is C39H37LiN7NaO22S6. The summed E-state index contributed by atoms with van der Waals surface area (Å²) < 4.78 is 208. The Balaban J connectivity index is 0.00000140. The van der Waals surface area contributed by atoms with Crippen molar-refractivity contribution >= 4 is 129 Å². The monoisotopic (exact) mass is 1180 g/mol. The molecule has 0 unspecified atom stereocenters. The third-order valence-electron chi connectivity index (χ3n) is 9.93. The van der Waals surface area contributed by atoms with Crippen LogP contribution >= 0.6 is 0 Å². The van der Waals surface area contributed by atoms with Gasteiger partial charge in [0.1, 0.15) is 41.4 Å². The SMILES string of the molecule is CN(CCO)CCO.Nc1cc(S(=O)(=O)O)cc2cc(S(=O)(=O)[O-])c(N=Nc3ccc(/C=C/c4ccc(N=Nc5c(S(=O)(=O)[O-])cc6cc(S(=O)(=O)O)cc(N)c6c5O)cc4S(=O)(=O)O)c(S(=O)(=O)O)c3)c(O)c12.[Li+].[Na+]. The van der Waals surface area contributed by atoms with E-state index in [-0.39, 0.29) is 61.6 Å². The molecule has 76 heavy (non-hydrogen) atoms. The van der Waals surface area contributed by atoms with E-state index < -0.39 is 168 Å². The van der Waals surface area contributed by atoms with E-state index in [1.54, 1.807) is 0 Å². The van der Waals surface area contributed by atoms with Crippen molar-refractivity contribution in [1.29, 1.82) is 0 Å². The van der Waals surface area contributed by atoms with E-state index in [1.165, 1.54) is 0 Å². The van der Waals surface area contributed by atoms with Crippen LogP contribution in [0.3, 0.4) is 0 Å². The molecule has 37 heteroatoms. The number of hydrogen-bond acceptors (Lipinski definition) is 25. The molecule has 6 aromatic rings. The van der Waals surface area contributed by atoms with Crippen LogP contribution in [0.5, 0.6) is 11.5 Å². The summed E-state index contributed by atoms with van der Waals surface area (Å²) in [7, 11) is -29.5. The van der Waals surface area contributed by atoms with E-state index in [0.29, 0.717) is 61.6 Å². The second kappa shape index (κ2) is 24.7. The summed E-state index contributed by atoms with van der Waals surface area (Å²) in [4.78, 5) is -4.24. The molecule has 0 spiro atoms. The molecule has 0 aliphatic rings. The zero-order valence-electron chi connectivity index (χ0n) is 39.0. The molecule has 0 saturated heterocycles. The zero-order valence-corrected chi connectivity index (χ0v) is 45.9. The minimum Gasteiger partial charge on any atom is -0.744 e. The Morgan fingerprint density at radius 2 is 0.842 bits per heavy atom. The molecule has 0 aromatic heterocycles. The summed E-state index contributed by atoms with van der Waals surface area (Å²) in [6.45, 7) is 1.61. The standard InChI is InChI=1S/C34H26N6O20S6.C5H13NO2.Li.Na/c35-23-13-21(61(43,44)45)7-17-9-27(65(55,56)57)31(33(41)29(17)23)39-37-19-5-3-15(25(11-19)63(49,50)51)1-2-16-4-6-20(12-26(16)64(52,53)54)38-40-32-28(66(58,59)60)10-18-8-22(62(46,47)48)14-24(36)30(18)34(32)42;1-6(2-4-7)3-5-8;;/h1-14,41-42H,35-36H2,(H,43,44,45)(H,46,47,48)(H,49,50,51)(H,52,53,54)(H,55,56,57)(H,58,59,60);7-8H,2-5H2,1H3;;/q;;2*+1/p-2/b2-1+,39-37?,40-38?;;;. The van der Waals surface area contributed by atoms with Gasteiger partial charge in [-0.15, -0.1) is 10.2 Å². The predicted molar refractivity (Wildman–Crippen MR) is 257 cm³/mol. The Bertz CT molecular complexity index is 3820. The van der Waals surface area contributed by atoms with Crippen LogP contribution in [-0.2, 0) is 60.7 Å². The van der Waals surface area contributed by atoms with Gasteiger partial charge in [0.05, 0.1) is 44.2 Å². The number of aliphatic hydroxyl groups is 2. The van der Waals surface area contributed by atoms with Crippen molar-refractivity contribution < 1.29 is 147 Å². The molecule has 0 fully saturated rings. The van der Waals surface area contributed by atoms with Gasteiger partial charge in [0.2, 0.25) is 0 Å². The van der Waals surface area contributed by atoms with Crippen molar-refractivity contribution in [2.45, 2.75) is 29.4 Å². The largest absolute Gasteiger partial charge is 1.00 e. The number of phenols is 2. The molecule has 0 radical (unpaired) electrons. The molecule has 12 N–H and O–H groups in total. The molecule has 0 aliphatic carbocycles. The van der Waals surface area contributed by atoms with E-state index in [0.717, 1.165) is 36.4 Å². The molecular weight excluding hydrogens is 1140 g/mol. The Labute approximate surface area is 466 Å². The van der Waals surface area contributed by atoms with E-state index in [4.69, 9.17) is 21.7 Å². The fourth-order valence-electron chi connectivity index (χ4n) is 6.60. The number of nitrogen functional groups attached to an aromatic ring is 2. The molecule has 6 aromatic carbocycles. The van der Waals surface area contributed by atoms with Gasteiger partial charge in [-0.25, -0.2) is 16.8 Å². The second-order valence-electron chi connectivity index (χ2n) is 15.1. The fourth-order valence-corrected chi connectivity index (χ4v) is 10.4. The Morgan fingerprint density at radius 3 is 1.12 bits per heavy atom. The number of likely N-dealkylation sites (N-methyl/N-ethyl adjacent to an activating group) is 1. The van der Waals surface area contributed by atoms with E-state index in [2.05, 4.69) is 20.5 Å². The number of nitrogens with zero attached hydrogens (tertiary/aromatic N) is 5. The molecule has 0 aliphatic heterocycles. The van der Waals surface area contributed by atoms with Gasteiger partial charge in [0.25, 0.3) is 40.5 Å². The average Bonchev–Trinajstić information content (AvgIpc) is 3.26. The number of anilines is 2. The quantitative estimate of drug-likeness (QED) is 0.0155. The van der Waals surface area contributed by atoms with Gasteiger partial charge in [-0.3, -0.25) is 18.2 Å². The van der Waals surface area contributed by atoms with Crippen LogP contribution in [0, 0.1) is 0 Å². The maximum Gasteiger partial charge on any atom is 1.00 e.